The van der Waals surface area contributed by atoms with Crippen LogP contribution in [0.25, 0.3) is 10.2 Å². The van der Waals surface area contributed by atoms with E-state index in [9.17, 15) is 9.18 Å². The lowest BCUT2D eigenvalue weighted by molar-refractivity contribution is -0.120. The number of benzene rings is 3. The standard InChI is InChI=1S/C23H19FN2O2S/c1-16-6-5-9-20-22(16)25-23(29-20)26(14-17-7-3-2-4-8-17)21(27)15-28-19-12-10-18(24)11-13-19/h2-13H,14-15H2,1H3. The number of aromatic nitrogens is 1. The number of para-hydroxylation sites is 1. The summed E-state index contributed by atoms with van der Waals surface area (Å²) in [5.74, 6) is -0.117. The van der Waals surface area contributed by atoms with E-state index < -0.39 is 0 Å². The van der Waals surface area contributed by atoms with E-state index in [2.05, 4.69) is 0 Å². The fourth-order valence-electron chi connectivity index (χ4n) is 2.97. The molecule has 6 heteroatoms. The minimum atomic E-state index is -0.348. The van der Waals surface area contributed by atoms with Crippen LogP contribution in [-0.4, -0.2) is 17.5 Å². The summed E-state index contributed by atoms with van der Waals surface area (Å²) < 4.78 is 19.7. The van der Waals surface area contributed by atoms with Crippen molar-refractivity contribution in [3.05, 3.63) is 89.7 Å². The van der Waals surface area contributed by atoms with E-state index in [1.165, 1.54) is 35.6 Å². The Labute approximate surface area is 172 Å². The van der Waals surface area contributed by atoms with Crippen molar-refractivity contribution in [3.63, 3.8) is 0 Å². The molecule has 0 N–H and O–H groups in total. The number of halogens is 1. The van der Waals surface area contributed by atoms with E-state index in [1.54, 1.807) is 4.90 Å². The first-order valence-electron chi connectivity index (χ1n) is 9.19. The maximum atomic E-state index is 13.1. The first-order chi connectivity index (χ1) is 14.1. The minimum absolute atomic E-state index is 0.159. The van der Waals surface area contributed by atoms with Crippen LogP contribution in [0, 0.1) is 12.7 Å². The number of anilines is 1. The zero-order chi connectivity index (χ0) is 20.2. The third-order valence-electron chi connectivity index (χ3n) is 4.50. The van der Waals surface area contributed by atoms with Gasteiger partial charge >= 0.3 is 0 Å². The van der Waals surface area contributed by atoms with E-state index in [0.717, 1.165) is 21.3 Å². The number of aryl methyl sites for hydroxylation is 1. The highest BCUT2D eigenvalue weighted by Gasteiger charge is 2.21. The van der Waals surface area contributed by atoms with E-state index in [-0.39, 0.29) is 18.3 Å². The lowest BCUT2D eigenvalue weighted by Gasteiger charge is -2.20. The van der Waals surface area contributed by atoms with Gasteiger partial charge in [-0.3, -0.25) is 9.69 Å². The van der Waals surface area contributed by atoms with Gasteiger partial charge in [0.25, 0.3) is 5.91 Å². The van der Waals surface area contributed by atoms with Gasteiger partial charge in [-0.1, -0.05) is 53.8 Å². The Morgan fingerprint density at radius 3 is 2.52 bits per heavy atom. The Balaban J connectivity index is 1.60. The fraction of sp³-hybridized carbons (Fsp3) is 0.130. The van der Waals surface area contributed by atoms with Gasteiger partial charge in [0.2, 0.25) is 0 Å². The van der Waals surface area contributed by atoms with E-state index >= 15 is 0 Å². The summed E-state index contributed by atoms with van der Waals surface area (Å²) >= 11 is 1.48. The molecule has 4 aromatic rings. The van der Waals surface area contributed by atoms with Gasteiger partial charge < -0.3 is 4.74 Å². The maximum absolute atomic E-state index is 13.1. The van der Waals surface area contributed by atoms with Crippen molar-refractivity contribution in [2.24, 2.45) is 0 Å². The van der Waals surface area contributed by atoms with E-state index in [1.807, 2.05) is 55.5 Å². The molecule has 0 aliphatic rings. The molecule has 4 nitrogen and oxygen atoms in total. The van der Waals surface area contributed by atoms with E-state index in [0.29, 0.717) is 17.4 Å². The van der Waals surface area contributed by atoms with Crippen molar-refractivity contribution in [1.29, 1.82) is 0 Å². The van der Waals surface area contributed by atoms with Crippen molar-refractivity contribution in [2.75, 3.05) is 11.5 Å². The number of fused-ring (bicyclic) bond motifs is 1. The van der Waals surface area contributed by atoms with Crippen LogP contribution in [-0.2, 0) is 11.3 Å². The number of carbonyl (C=O) groups is 1. The lowest BCUT2D eigenvalue weighted by Crippen LogP contribution is -2.34. The van der Waals surface area contributed by atoms with Crippen molar-refractivity contribution < 1.29 is 13.9 Å². The van der Waals surface area contributed by atoms with Crippen molar-refractivity contribution >= 4 is 32.6 Å². The summed E-state index contributed by atoms with van der Waals surface area (Å²) in [6.45, 7) is 2.24. The van der Waals surface area contributed by atoms with Crippen molar-refractivity contribution in [2.45, 2.75) is 13.5 Å². The molecule has 0 spiro atoms. The average molecular weight is 406 g/mol. The highest BCUT2D eigenvalue weighted by atomic mass is 32.1. The van der Waals surface area contributed by atoms with Crippen LogP contribution in [0.1, 0.15) is 11.1 Å². The zero-order valence-corrected chi connectivity index (χ0v) is 16.7. The van der Waals surface area contributed by atoms with Gasteiger partial charge in [0.1, 0.15) is 11.6 Å². The normalized spacial score (nSPS) is 10.8. The Hall–Kier alpha value is -3.25. The maximum Gasteiger partial charge on any atom is 0.267 e. The number of amides is 1. The average Bonchev–Trinajstić information content (AvgIpc) is 3.17. The molecular weight excluding hydrogens is 387 g/mol. The molecule has 0 unspecified atom stereocenters. The third-order valence-corrected chi connectivity index (χ3v) is 5.54. The Morgan fingerprint density at radius 1 is 1.03 bits per heavy atom. The molecular formula is C23H19FN2O2S. The molecule has 0 saturated carbocycles. The predicted molar refractivity (Wildman–Crippen MR) is 114 cm³/mol. The van der Waals surface area contributed by atoms with Gasteiger partial charge in [0.15, 0.2) is 11.7 Å². The monoisotopic (exact) mass is 406 g/mol. The van der Waals surface area contributed by atoms with Gasteiger partial charge in [-0.05, 0) is 48.4 Å². The SMILES string of the molecule is Cc1cccc2sc(N(Cc3ccccc3)C(=O)COc3ccc(F)cc3)nc12. The summed E-state index contributed by atoms with van der Waals surface area (Å²) in [5, 5.41) is 0.630. The number of thiazole rings is 1. The molecule has 29 heavy (non-hydrogen) atoms. The van der Waals surface area contributed by atoms with Crippen LogP contribution < -0.4 is 9.64 Å². The summed E-state index contributed by atoms with van der Waals surface area (Å²) in [6.07, 6.45) is 0. The van der Waals surface area contributed by atoms with Gasteiger partial charge in [-0.15, -0.1) is 0 Å². The first kappa shape index (κ1) is 19.1. The summed E-state index contributed by atoms with van der Waals surface area (Å²) in [5.41, 5.74) is 2.97. The van der Waals surface area contributed by atoms with Crippen LogP contribution in [0.5, 0.6) is 5.75 Å². The highest BCUT2D eigenvalue weighted by molar-refractivity contribution is 7.22. The zero-order valence-electron chi connectivity index (χ0n) is 15.8. The van der Waals surface area contributed by atoms with Gasteiger partial charge in [0, 0.05) is 0 Å². The topological polar surface area (TPSA) is 42.4 Å². The number of hydrogen-bond acceptors (Lipinski definition) is 4. The summed E-state index contributed by atoms with van der Waals surface area (Å²) in [7, 11) is 0. The van der Waals surface area contributed by atoms with Gasteiger partial charge in [0.05, 0.1) is 16.8 Å². The number of ether oxygens (including phenoxy) is 1. The lowest BCUT2D eigenvalue weighted by atomic mass is 10.2. The Kier molecular flexibility index (Phi) is 5.53. The van der Waals surface area contributed by atoms with Crippen LogP contribution in [0.2, 0.25) is 0 Å². The number of nitrogens with zero attached hydrogens (tertiary/aromatic N) is 2. The fourth-order valence-corrected chi connectivity index (χ4v) is 4.03. The molecule has 0 radical (unpaired) electrons. The summed E-state index contributed by atoms with van der Waals surface area (Å²) in [6, 6.07) is 21.4. The van der Waals surface area contributed by atoms with Crippen LogP contribution in [0.15, 0.2) is 72.8 Å². The second-order valence-electron chi connectivity index (χ2n) is 6.63. The van der Waals surface area contributed by atoms with Crippen LogP contribution in [0.3, 0.4) is 0 Å². The Morgan fingerprint density at radius 2 is 1.79 bits per heavy atom. The largest absolute Gasteiger partial charge is 0.484 e. The highest BCUT2D eigenvalue weighted by Crippen LogP contribution is 2.31. The molecule has 0 saturated heterocycles. The van der Waals surface area contributed by atoms with Gasteiger partial charge in [-0.25, -0.2) is 9.37 Å². The predicted octanol–water partition coefficient (Wildman–Crippen LogP) is 5.36. The van der Waals surface area contributed by atoms with Crippen molar-refractivity contribution in [3.8, 4) is 5.75 Å². The van der Waals surface area contributed by atoms with Crippen LogP contribution >= 0.6 is 11.3 Å². The molecule has 0 bridgehead atoms. The molecule has 0 atom stereocenters. The van der Waals surface area contributed by atoms with Crippen molar-refractivity contribution in [1.82, 2.24) is 4.98 Å². The second kappa shape index (κ2) is 8.41. The second-order valence-corrected chi connectivity index (χ2v) is 7.64. The van der Waals surface area contributed by atoms with Gasteiger partial charge in [-0.2, -0.15) is 0 Å². The number of rotatable bonds is 6. The molecule has 4 rings (SSSR count). The summed E-state index contributed by atoms with van der Waals surface area (Å²) in [4.78, 5) is 19.4. The minimum Gasteiger partial charge on any atom is -0.484 e. The molecule has 1 amide bonds. The van der Waals surface area contributed by atoms with Crippen LogP contribution in [0.4, 0.5) is 9.52 Å². The molecule has 1 aromatic heterocycles. The quantitative estimate of drug-likeness (QED) is 0.433. The van der Waals surface area contributed by atoms with E-state index in [4.69, 9.17) is 9.72 Å². The number of carbonyl (C=O) groups excluding carboxylic acids is 1. The molecule has 1 heterocycles. The Bertz CT molecular complexity index is 1130. The smallest absolute Gasteiger partial charge is 0.267 e. The molecule has 146 valence electrons. The number of hydrogen-bond donors (Lipinski definition) is 0. The molecule has 3 aromatic carbocycles. The third kappa shape index (κ3) is 4.43. The molecule has 0 aliphatic heterocycles. The first-order valence-corrected chi connectivity index (χ1v) is 10.0. The molecule has 0 fully saturated rings. The molecule has 0 aliphatic carbocycles.